The smallest absolute Gasteiger partial charge is 0.339 e. The summed E-state index contributed by atoms with van der Waals surface area (Å²) in [5.41, 5.74) is 0.930. The quantitative estimate of drug-likeness (QED) is 0.328. The number of fused-ring (bicyclic) bond motifs is 1. The van der Waals surface area contributed by atoms with Gasteiger partial charge in [-0.25, -0.2) is 14.4 Å². The van der Waals surface area contributed by atoms with E-state index in [-0.39, 0.29) is 41.7 Å². The van der Waals surface area contributed by atoms with Gasteiger partial charge in [0.25, 0.3) is 11.8 Å². The van der Waals surface area contributed by atoms with E-state index in [1.54, 1.807) is 18.2 Å². The summed E-state index contributed by atoms with van der Waals surface area (Å²) in [5, 5.41) is 5.09. The van der Waals surface area contributed by atoms with Crippen LogP contribution in [0.5, 0.6) is 0 Å². The SMILES string of the molecule is COC(=O)c1ccc(C(=O)OC)c(NC(=O)NCCCN2C(=O)c3ccc(Br)cc3C2=O)c1. The molecule has 172 valence electrons. The third-order valence-electron chi connectivity index (χ3n) is 4.87. The molecule has 0 bridgehead atoms. The molecule has 0 saturated carbocycles. The number of rotatable bonds is 7. The van der Waals surface area contributed by atoms with Crippen LogP contribution in [0.1, 0.15) is 47.9 Å². The number of carbonyl (C=O) groups excluding carboxylic acids is 5. The van der Waals surface area contributed by atoms with Crippen molar-refractivity contribution in [2.75, 3.05) is 32.6 Å². The molecule has 0 aliphatic carbocycles. The summed E-state index contributed by atoms with van der Waals surface area (Å²) in [7, 11) is 2.40. The van der Waals surface area contributed by atoms with Gasteiger partial charge in [-0.1, -0.05) is 15.9 Å². The molecule has 11 heteroatoms. The number of benzene rings is 2. The van der Waals surface area contributed by atoms with Crippen LogP contribution in [0.2, 0.25) is 0 Å². The minimum Gasteiger partial charge on any atom is -0.465 e. The average molecular weight is 518 g/mol. The number of esters is 2. The molecule has 1 heterocycles. The van der Waals surface area contributed by atoms with E-state index in [1.165, 1.54) is 32.4 Å². The molecule has 1 aliphatic rings. The van der Waals surface area contributed by atoms with E-state index in [0.717, 1.165) is 4.90 Å². The van der Waals surface area contributed by atoms with Gasteiger partial charge in [0.1, 0.15) is 0 Å². The summed E-state index contributed by atoms with van der Waals surface area (Å²) < 4.78 is 10.0. The zero-order chi connectivity index (χ0) is 24.1. The van der Waals surface area contributed by atoms with Gasteiger partial charge in [0.05, 0.1) is 42.2 Å². The van der Waals surface area contributed by atoms with Gasteiger partial charge in [-0.3, -0.25) is 14.5 Å². The molecule has 0 fully saturated rings. The van der Waals surface area contributed by atoms with Crippen LogP contribution >= 0.6 is 15.9 Å². The highest BCUT2D eigenvalue weighted by molar-refractivity contribution is 9.10. The number of halogens is 1. The maximum atomic E-state index is 12.5. The Hall–Kier alpha value is -3.73. The zero-order valence-electron chi connectivity index (χ0n) is 17.8. The second-order valence-corrected chi connectivity index (χ2v) is 7.85. The maximum Gasteiger partial charge on any atom is 0.339 e. The van der Waals surface area contributed by atoms with Crippen LogP contribution in [-0.2, 0) is 9.47 Å². The lowest BCUT2D eigenvalue weighted by atomic mass is 10.1. The fourth-order valence-electron chi connectivity index (χ4n) is 3.25. The number of hydrogen-bond acceptors (Lipinski definition) is 7. The Morgan fingerprint density at radius 1 is 0.939 bits per heavy atom. The lowest BCUT2D eigenvalue weighted by Gasteiger charge is -2.15. The Bertz CT molecular complexity index is 1150. The molecule has 2 N–H and O–H groups in total. The van der Waals surface area contributed by atoms with Crippen LogP contribution in [-0.4, -0.2) is 62.0 Å². The number of urea groups is 1. The van der Waals surface area contributed by atoms with Crippen molar-refractivity contribution < 1.29 is 33.4 Å². The van der Waals surface area contributed by atoms with Crippen LogP contribution in [0.25, 0.3) is 0 Å². The number of imide groups is 1. The Morgan fingerprint density at radius 2 is 1.64 bits per heavy atom. The molecule has 0 saturated heterocycles. The second kappa shape index (κ2) is 10.3. The first kappa shape index (κ1) is 23.9. The number of hydrogen-bond donors (Lipinski definition) is 2. The molecule has 1 aliphatic heterocycles. The van der Waals surface area contributed by atoms with E-state index in [9.17, 15) is 24.0 Å². The average Bonchev–Trinajstić information content (AvgIpc) is 3.04. The molecule has 2 aromatic carbocycles. The van der Waals surface area contributed by atoms with Crippen molar-refractivity contribution in [1.29, 1.82) is 0 Å². The van der Waals surface area contributed by atoms with Gasteiger partial charge in [0, 0.05) is 17.6 Å². The van der Waals surface area contributed by atoms with Crippen LogP contribution in [0.4, 0.5) is 10.5 Å². The zero-order valence-corrected chi connectivity index (χ0v) is 19.4. The topological polar surface area (TPSA) is 131 Å². The van der Waals surface area contributed by atoms with Crippen LogP contribution in [0.3, 0.4) is 0 Å². The summed E-state index contributed by atoms with van der Waals surface area (Å²) in [4.78, 5) is 62.1. The Labute approximate surface area is 197 Å². The highest BCUT2D eigenvalue weighted by atomic mass is 79.9. The normalized spacial score (nSPS) is 12.3. The van der Waals surface area contributed by atoms with E-state index in [4.69, 9.17) is 4.74 Å². The molecule has 4 amide bonds. The number of ether oxygens (including phenoxy) is 2. The molecular formula is C22H20BrN3O7. The Balaban J connectivity index is 1.58. The lowest BCUT2D eigenvalue weighted by Crippen LogP contribution is -2.35. The Kier molecular flexibility index (Phi) is 7.44. The van der Waals surface area contributed by atoms with Gasteiger partial charge in [0.2, 0.25) is 0 Å². The summed E-state index contributed by atoms with van der Waals surface area (Å²) in [5.74, 6) is -2.10. The van der Waals surface area contributed by atoms with Crippen molar-refractivity contribution in [3.8, 4) is 0 Å². The summed E-state index contributed by atoms with van der Waals surface area (Å²) in [6.45, 7) is 0.267. The number of anilines is 1. The van der Waals surface area contributed by atoms with Crippen molar-refractivity contribution >= 4 is 51.4 Å². The molecule has 0 atom stereocenters. The Morgan fingerprint density at radius 3 is 2.33 bits per heavy atom. The van der Waals surface area contributed by atoms with E-state index < -0.39 is 18.0 Å². The molecule has 0 aromatic heterocycles. The first-order chi connectivity index (χ1) is 15.8. The van der Waals surface area contributed by atoms with E-state index in [1.807, 2.05) is 0 Å². The highest BCUT2D eigenvalue weighted by Crippen LogP contribution is 2.26. The maximum absolute atomic E-state index is 12.5. The van der Waals surface area contributed by atoms with Crippen LogP contribution in [0.15, 0.2) is 40.9 Å². The summed E-state index contributed by atoms with van der Waals surface area (Å²) in [6.07, 6.45) is 0.312. The fraction of sp³-hybridized carbons (Fsp3) is 0.227. The minimum absolute atomic E-state index is 0.0532. The fourth-order valence-corrected chi connectivity index (χ4v) is 3.61. The number of carbonyl (C=O) groups is 5. The van der Waals surface area contributed by atoms with Crippen LogP contribution < -0.4 is 10.6 Å². The van der Waals surface area contributed by atoms with Crippen LogP contribution in [0, 0.1) is 0 Å². The summed E-state index contributed by atoms with van der Waals surface area (Å²) in [6, 6.07) is 8.26. The van der Waals surface area contributed by atoms with Crippen molar-refractivity contribution in [3.05, 3.63) is 63.1 Å². The van der Waals surface area contributed by atoms with Gasteiger partial charge < -0.3 is 20.1 Å². The predicted octanol–water partition coefficient (Wildman–Crippen LogP) is 2.83. The standard InChI is InChI=1S/C22H20BrN3O7/c1-32-20(29)12-4-6-15(21(30)33-2)17(10-12)25-22(31)24-8-3-9-26-18(27)14-7-5-13(23)11-16(14)19(26)28/h4-7,10-11H,3,8-9H2,1-2H3,(H2,24,25,31). The number of nitrogens with zero attached hydrogens (tertiary/aromatic N) is 1. The third kappa shape index (κ3) is 5.20. The summed E-state index contributed by atoms with van der Waals surface area (Å²) >= 11 is 3.28. The third-order valence-corrected chi connectivity index (χ3v) is 5.36. The number of methoxy groups -OCH3 is 2. The molecule has 0 spiro atoms. The van der Waals surface area contributed by atoms with Gasteiger partial charge in [-0.2, -0.15) is 0 Å². The molecule has 3 rings (SSSR count). The van der Waals surface area contributed by atoms with Crippen molar-refractivity contribution in [3.63, 3.8) is 0 Å². The van der Waals surface area contributed by atoms with Crippen molar-refractivity contribution in [2.45, 2.75) is 6.42 Å². The van der Waals surface area contributed by atoms with E-state index in [2.05, 4.69) is 31.3 Å². The van der Waals surface area contributed by atoms with E-state index >= 15 is 0 Å². The highest BCUT2D eigenvalue weighted by Gasteiger charge is 2.35. The molecule has 10 nitrogen and oxygen atoms in total. The van der Waals surface area contributed by atoms with Gasteiger partial charge in [-0.05, 0) is 42.8 Å². The van der Waals surface area contributed by atoms with E-state index in [0.29, 0.717) is 22.0 Å². The lowest BCUT2D eigenvalue weighted by molar-refractivity contribution is 0.0587. The molecule has 0 unspecified atom stereocenters. The molecule has 33 heavy (non-hydrogen) atoms. The van der Waals surface area contributed by atoms with Gasteiger partial charge in [-0.15, -0.1) is 0 Å². The molecule has 2 aromatic rings. The first-order valence-corrected chi connectivity index (χ1v) is 10.6. The molecular weight excluding hydrogens is 498 g/mol. The first-order valence-electron chi connectivity index (χ1n) is 9.78. The minimum atomic E-state index is -0.695. The number of nitrogens with one attached hydrogen (secondary N) is 2. The predicted molar refractivity (Wildman–Crippen MR) is 120 cm³/mol. The largest absolute Gasteiger partial charge is 0.465 e. The number of amides is 4. The van der Waals surface area contributed by atoms with Gasteiger partial charge in [0.15, 0.2) is 0 Å². The van der Waals surface area contributed by atoms with Crippen molar-refractivity contribution in [2.24, 2.45) is 0 Å². The van der Waals surface area contributed by atoms with Crippen molar-refractivity contribution in [1.82, 2.24) is 10.2 Å². The van der Waals surface area contributed by atoms with Gasteiger partial charge >= 0.3 is 18.0 Å². The molecule has 0 radical (unpaired) electrons. The second-order valence-electron chi connectivity index (χ2n) is 6.93. The monoisotopic (exact) mass is 517 g/mol.